The maximum atomic E-state index is 13.4. The first-order valence-electron chi connectivity index (χ1n) is 16.2. The first kappa shape index (κ1) is 37.2. The zero-order chi connectivity index (χ0) is 35.6. The minimum Gasteiger partial charge on any atom is -0.497 e. The van der Waals surface area contributed by atoms with Crippen molar-refractivity contribution < 1.29 is 39.1 Å². The highest BCUT2D eigenvalue weighted by atomic mass is 16.6. The Morgan fingerprint density at radius 2 is 1.77 bits per heavy atom. The second kappa shape index (κ2) is 14.9. The van der Waals surface area contributed by atoms with E-state index in [-0.39, 0.29) is 37.4 Å². The highest BCUT2D eigenvalue weighted by Gasteiger charge is 2.58. The molecule has 4 rings (SSSR count). The van der Waals surface area contributed by atoms with Crippen molar-refractivity contribution in [2.45, 2.75) is 102 Å². The third-order valence-electron chi connectivity index (χ3n) is 8.77. The fraction of sp³-hybridized carbons (Fsp3) is 0.636. The molecule has 48 heavy (non-hydrogen) atoms. The van der Waals surface area contributed by atoms with Gasteiger partial charge in [-0.2, -0.15) is 0 Å². The smallest absolute Gasteiger partial charge is 0.333 e. The van der Waals surface area contributed by atoms with Crippen molar-refractivity contribution in [3.63, 3.8) is 0 Å². The summed E-state index contributed by atoms with van der Waals surface area (Å²) in [5.74, 6) is -0.0715. The number of methoxy groups -OCH3 is 1. The lowest BCUT2D eigenvalue weighted by Gasteiger charge is -2.31. The Morgan fingerprint density at radius 1 is 1.10 bits per heavy atom. The van der Waals surface area contributed by atoms with E-state index in [1.165, 1.54) is 7.11 Å². The summed E-state index contributed by atoms with van der Waals surface area (Å²) in [6.07, 6.45) is -6.08. The first-order chi connectivity index (χ1) is 22.5. The highest BCUT2D eigenvalue weighted by Crippen LogP contribution is 2.46. The summed E-state index contributed by atoms with van der Waals surface area (Å²) in [5.41, 5.74) is 3.65. The maximum absolute atomic E-state index is 13.4. The van der Waals surface area contributed by atoms with Crippen LogP contribution in [-0.2, 0) is 25.6 Å². The zero-order valence-electron chi connectivity index (χ0n) is 28.3. The maximum Gasteiger partial charge on any atom is 0.333 e. The summed E-state index contributed by atoms with van der Waals surface area (Å²) in [6, 6.07) is 6.47. The van der Waals surface area contributed by atoms with Crippen molar-refractivity contribution in [1.82, 2.24) is 19.8 Å². The molecule has 1 aromatic carbocycles. The van der Waals surface area contributed by atoms with Crippen LogP contribution in [-0.4, -0.2) is 98.1 Å². The van der Waals surface area contributed by atoms with Gasteiger partial charge in [-0.15, -0.1) is 0 Å². The molecule has 1 aliphatic heterocycles. The van der Waals surface area contributed by atoms with Gasteiger partial charge in [0.15, 0.2) is 6.23 Å². The molecule has 1 saturated carbocycles. The van der Waals surface area contributed by atoms with Crippen LogP contribution < -0.4 is 32.4 Å². The van der Waals surface area contributed by atoms with Crippen LogP contribution >= 0.6 is 0 Å². The molecule has 2 aliphatic rings. The van der Waals surface area contributed by atoms with E-state index in [1.807, 2.05) is 13.8 Å². The van der Waals surface area contributed by atoms with Gasteiger partial charge in [0.05, 0.1) is 19.2 Å². The number of benzene rings is 1. The third-order valence-corrected chi connectivity index (χ3v) is 8.77. The van der Waals surface area contributed by atoms with E-state index < -0.39 is 65.0 Å². The molecule has 3 unspecified atom stereocenters. The Hall–Kier alpha value is -3.60. The lowest BCUT2D eigenvalue weighted by atomic mass is 9.99. The van der Waals surface area contributed by atoms with Gasteiger partial charge in [0.2, 0.25) is 5.91 Å². The van der Waals surface area contributed by atoms with E-state index in [2.05, 4.69) is 10.6 Å². The van der Waals surface area contributed by atoms with E-state index >= 15 is 0 Å². The molecule has 0 bridgehead atoms. The monoisotopic (exact) mass is 675 g/mol. The van der Waals surface area contributed by atoms with Crippen molar-refractivity contribution in [2.24, 2.45) is 17.6 Å². The van der Waals surface area contributed by atoms with Crippen molar-refractivity contribution in [1.29, 1.82) is 0 Å². The molecule has 1 saturated heterocycles. The van der Waals surface area contributed by atoms with Crippen LogP contribution in [0.1, 0.15) is 59.3 Å². The highest BCUT2D eigenvalue weighted by molar-refractivity contribution is 5.89. The van der Waals surface area contributed by atoms with Gasteiger partial charge in [-0.1, -0.05) is 26.0 Å². The number of carbonyl (C=O) groups is 2. The van der Waals surface area contributed by atoms with Crippen LogP contribution in [0.3, 0.4) is 0 Å². The van der Waals surface area contributed by atoms with E-state index in [4.69, 9.17) is 19.9 Å². The molecule has 2 heterocycles. The molecule has 7 N–H and O–H groups in total. The van der Waals surface area contributed by atoms with Crippen LogP contribution in [0, 0.1) is 11.8 Å². The standard InChI is InChI=1S/C33H49N5O10/c1-18(2)21-16-33(21,34)30(44)36-14-7-13-35-23(29(43)48-32(3,4)5)24(40)27-25(41)26(42)28(47-27)37-15-12-22(39)38(31(37)45)17-19-8-10-20(46-6)11-9-19/h8-12,15,18,21,23-28,35,40-42H,7,13-14,16-17,34H2,1-6H3,(H,36,44)/t21?,23-,24+,25-,26+,27?,28+,33?/m0/s1. The number of hydrogen-bond acceptors (Lipinski definition) is 12. The molecular formula is C33H49N5O10. The van der Waals surface area contributed by atoms with Gasteiger partial charge < -0.3 is 45.9 Å². The van der Waals surface area contributed by atoms with Gasteiger partial charge in [-0.25, -0.2) is 4.79 Å². The number of esters is 1. The molecule has 266 valence electrons. The summed E-state index contributed by atoms with van der Waals surface area (Å²) >= 11 is 0. The fourth-order valence-corrected chi connectivity index (χ4v) is 5.99. The van der Waals surface area contributed by atoms with Gasteiger partial charge in [-0.3, -0.25) is 23.5 Å². The van der Waals surface area contributed by atoms with Gasteiger partial charge >= 0.3 is 11.7 Å². The second-order valence-electron chi connectivity index (χ2n) is 13.9. The molecule has 2 aromatic rings. The number of nitrogens with two attached hydrogens (primary N) is 1. The summed E-state index contributed by atoms with van der Waals surface area (Å²) in [6.45, 7) is 9.32. The zero-order valence-corrected chi connectivity index (χ0v) is 28.3. The third kappa shape index (κ3) is 8.33. The Balaban J connectivity index is 1.46. The lowest BCUT2D eigenvalue weighted by molar-refractivity contribution is -0.166. The average Bonchev–Trinajstić information content (AvgIpc) is 3.65. The van der Waals surface area contributed by atoms with Crippen molar-refractivity contribution in [3.05, 3.63) is 62.9 Å². The largest absolute Gasteiger partial charge is 0.497 e. The summed E-state index contributed by atoms with van der Waals surface area (Å²) in [4.78, 5) is 51.9. The Labute approximate surface area is 279 Å². The number of nitrogens with one attached hydrogen (secondary N) is 2. The SMILES string of the molecule is COc1ccc(Cn2c(=O)ccn([C@@H]3OC([C@H](O)[C@H](NCCCNC(=O)C4(N)CC4C(C)C)C(=O)OC(C)(C)C)[C@@H](O)[C@H]3O)c2=O)cc1. The molecule has 2 fully saturated rings. The van der Waals surface area contributed by atoms with Crippen molar-refractivity contribution in [2.75, 3.05) is 20.2 Å². The molecule has 8 atom stereocenters. The van der Waals surface area contributed by atoms with Crippen LogP contribution in [0.25, 0.3) is 0 Å². The number of rotatable bonds is 14. The van der Waals surface area contributed by atoms with Gasteiger partial charge in [-0.05, 0) is 69.7 Å². The van der Waals surface area contributed by atoms with E-state index in [1.54, 1.807) is 45.0 Å². The molecule has 1 amide bonds. The number of nitrogens with zero attached hydrogens (tertiary/aromatic N) is 2. The number of aromatic nitrogens is 2. The molecule has 0 spiro atoms. The number of ether oxygens (including phenoxy) is 3. The van der Waals surface area contributed by atoms with Gasteiger partial charge in [0, 0.05) is 18.8 Å². The number of carbonyl (C=O) groups excluding carboxylic acids is 2. The predicted molar refractivity (Wildman–Crippen MR) is 174 cm³/mol. The Bertz CT molecular complexity index is 1550. The fourth-order valence-electron chi connectivity index (χ4n) is 5.99. The Kier molecular flexibility index (Phi) is 11.5. The molecule has 1 aromatic heterocycles. The summed E-state index contributed by atoms with van der Waals surface area (Å²) in [7, 11) is 1.52. The molecule has 1 aliphatic carbocycles. The van der Waals surface area contributed by atoms with E-state index in [9.17, 15) is 34.5 Å². The summed E-state index contributed by atoms with van der Waals surface area (Å²) < 4.78 is 18.4. The average molecular weight is 676 g/mol. The molecule has 15 heteroatoms. The molecular weight excluding hydrogens is 626 g/mol. The predicted octanol–water partition coefficient (Wildman–Crippen LogP) is -0.773. The van der Waals surface area contributed by atoms with Crippen molar-refractivity contribution >= 4 is 11.9 Å². The molecule has 15 nitrogen and oxygen atoms in total. The first-order valence-corrected chi connectivity index (χ1v) is 16.2. The Morgan fingerprint density at radius 3 is 2.35 bits per heavy atom. The van der Waals surface area contributed by atoms with Crippen LogP contribution in [0.5, 0.6) is 5.75 Å². The van der Waals surface area contributed by atoms with Crippen molar-refractivity contribution in [3.8, 4) is 5.75 Å². The minimum atomic E-state index is -1.74. The number of aliphatic hydroxyl groups is 3. The van der Waals surface area contributed by atoms with Crippen LogP contribution in [0.4, 0.5) is 0 Å². The number of amides is 1. The summed E-state index contributed by atoms with van der Waals surface area (Å²) in [5, 5.41) is 39.0. The normalized spacial score (nSPS) is 26.6. The van der Waals surface area contributed by atoms with Gasteiger partial charge in [0.25, 0.3) is 5.56 Å². The van der Waals surface area contributed by atoms with Gasteiger partial charge in [0.1, 0.15) is 41.8 Å². The quantitative estimate of drug-likeness (QED) is 0.108. The lowest BCUT2D eigenvalue weighted by Crippen LogP contribution is -2.56. The second-order valence-corrected chi connectivity index (χ2v) is 13.9. The molecule has 0 radical (unpaired) electrons. The van der Waals surface area contributed by atoms with E-state index in [0.29, 0.717) is 24.2 Å². The number of aliphatic hydroxyl groups excluding tert-OH is 3. The van der Waals surface area contributed by atoms with E-state index in [0.717, 1.165) is 21.4 Å². The van der Waals surface area contributed by atoms with Crippen LogP contribution in [0.2, 0.25) is 0 Å². The topological polar surface area (TPSA) is 217 Å². The minimum absolute atomic E-state index is 0.0877. The number of hydrogen-bond donors (Lipinski definition) is 6. The van der Waals surface area contributed by atoms with Crippen LogP contribution in [0.15, 0.2) is 46.1 Å².